The van der Waals surface area contributed by atoms with Crippen LogP contribution in [0.25, 0.3) is 0 Å². The van der Waals surface area contributed by atoms with E-state index in [0.29, 0.717) is 5.69 Å². The number of carbonyl (C=O) groups is 1. The summed E-state index contributed by atoms with van der Waals surface area (Å²) >= 11 is 0. The SMILES string of the molecule is CNC(=O)c1ccc(NC(C)C(C)CO)c([N+](=O)[O-])c1. The third-order valence-electron chi connectivity index (χ3n) is 3.21. The minimum atomic E-state index is -0.537. The Morgan fingerprint density at radius 1 is 1.45 bits per heavy atom. The molecule has 0 saturated heterocycles. The van der Waals surface area contributed by atoms with Crippen molar-refractivity contribution in [1.82, 2.24) is 5.32 Å². The van der Waals surface area contributed by atoms with E-state index in [1.807, 2.05) is 13.8 Å². The summed E-state index contributed by atoms with van der Waals surface area (Å²) in [5.74, 6) is -0.426. The highest BCUT2D eigenvalue weighted by atomic mass is 16.6. The van der Waals surface area contributed by atoms with Crippen molar-refractivity contribution in [2.75, 3.05) is 19.0 Å². The van der Waals surface area contributed by atoms with Gasteiger partial charge in [-0.05, 0) is 25.0 Å². The molecule has 1 rings (SSSR count). The maximum Gasteiger partial charge on any atom is 0.293 e. The molecular formula is C13H19N3O4. The van der Waals surface area contributed by atoms with E-state index < -0.39 is 4.92 Å². The average Bonchev–Trinajstić information content (AvgIpc) is 2.45. The van der Waals surface area contributed by atoms with E-state index in [9.17, 15) is 14.9 Å². The zero-order chi connectivity index (χ0) is 15.3. The van der Waals surface area contributed by atoms with Crippen LogP contribution in [0.1, 0.15) is 24.2 Å². The molecular weight excluding hydrogens is 262 g/mol. The Morgan fingerprint density at radius 2 is 2.10 bits per heavy atom. The molecule has 3 N–H and O–H groups in total. The molecule has 2 unspecified atom stereocenters. The molecule has 0 fully saturated rings. The predicted molar refractivity (Wildman–Crippen MR) is 75.8 cm³/mol. The summed E-state index contributed by atoms with van der Waals surface area (Å²) in [5, 5.41) is 25.6. The van der Waals surface area contributed by atoms with E-state index in [0.717, 1.165) is 0 Å². The van der Waals surface area contributed by atoms with Crippen LogP contribution in [0.15, 0.2) is 18.2 Å². The summed E-state index contributed by atoms with van der Waals surface area (Å²) in [6.45, 7) is 3.65. The Bertz CT molecular complexity index is 504. The highest BCUT2D eigenvalue weighted by Crippen LogP contribution is 2.27. The summed E-state index contributed by atoms with van der Waals surface area (Å²) < 4.78 is 0. The number of rotatable bonds is 6. The first kappa shape index (κ1) is 15.9. The normalized spacial score (nSPS) is 13.4. The second-order valence-corrected chi connectivity index (χ2v) is 4.66. The van der Waals surface area contributed by atoms with Crippen molar-refractivity contribution in [2.45, 2.75) is 19.9 Å². The van der Waals surface area contributed by atoms with Gasteiger partial charge in [-0.3, -0.25) is 14.9 Å². The third-order valence-corrected chi connectivity index (χ3v) is 3.21. The topological polar surface area (TPSA) is 104 Å². The second-order valence-electron chi connectivity index (χ2n) is 4.66. The van der Waals surface area contributed by atoms with Crippen LogP contribution < -0.4 is 10.6 Å². The standard InChI is InChI=1S/C13H19N3O4/c1-8(7-17)9(2)15-11-5-4-10(13(18)14-3)6-12(11)16(19)20/h4-6,8-9,15,17H,7H2,1-3H3,(H,14,18). The molecule has 0 saturated carbocycles. The molecule has 7 nitrogen and oxygen atoms in total. The number of hydrogen-bond acceptors (Lipinski definition) is 5. The Kier molecular flexibility index (Phi) is 5.45. The van der Waals surface area contributed by atoms with Gasteiger partial charge in [0.2, 0.25) is 0 Å². The first-order chi connectivity index (χ1) is 9.40. The number of aliphatic hydroxyl groups excluding tert-OH is 1. The molecule has 2 atom stereocenters. The molecule has 0 aliphatic carbocycles. The Morgan fingerprint density at radius 3 is 2.60 bits per heavy atom. The van der Waals surface area contributed by atoms with Gasteiger partial charge >= 0.3 is 0 Å². The van der Waals surface area contributed by atoms with Crippen molar-refractivity contribution in [3.63, 3.8) is 0 Å². The molecule has 0 aliphatic heterocycles. The molecule has 110 valence electrons. The zero-order valence-corrected chi connectivity index (χ0v) is 11.7. The quantitative estimate of drug-likeness (QED) is 0.540. The van der Waals surface area contributed by atoms with Crippen LogP contribution in [0.2, 0.25) is 0 Å². The fraction of sp³-hybridized carbons (Fsp3) is 0.462. The summed E-state index contributed by atoms with van der Waals surface area (Å²) in [7, 11) is 1.46. The number of nitro benzene ring substituents is 1. The van der Waals surface area contributed by atoms with Gasteiger partial charge < -0.3 is 15.7 Å². The molecule has 20 heavy (non-hydrogen) atoms. The lowest BCUT2D eigenvalue weighted by atomic mass is 10.0. The number of hydrogen-bond donors (Lipinski definition) is 3. The number of nitrogens with zero attached hydrogens (tertiary/aromatic N) is 1. The van der Waals surface area contributed by atoms with Gasteiger partial charge in [-0.25, -0.2) is 0 Å². The maximum absolute atomic E-state index is 11.5. The van der Waals surface area contributed by atoms with E-state index in [1.54, 1.807) is 0 Å². The van der Waals surface area contributed by atoms with Crippen LogP contribution in [-0.2, 0) is 0 Å². The van der Waals surface area contributed by atoms with E-state index in [2.05, 4.69) is 10.6 Å². The van der Waals surface area contributed by atoms with Crippen LogP contribution in [0, 0.1) is 16.0 Å². The molecule has 1 aromatic carbocycles. The lowest BCUT2D eigenvalue weighted by Crippen LogP contribution is -2.26. The van der Waals surface area contributed by atoms with E-state index >= 15 is 0 Å². The minimum absolute atomic E-state index is 0.0156. The van der Waals surface area contributed by atoms with E-state index in [1.165, 1.54) is 25.2 Å². The predicted octanol–water partition coefficient (Wildman–Crippen LogP) is 1.38. The van der Waals surface area contributed by atoms with Crippen LogP contribution in [0.5, 0.6) is 0 Å². The molecule has 1 amide bonds. The highest BCUT2D eigenvalue weighted by Gasteiger charge is 2.20. The third kappa shape index (κ3) is 3.67. The monoisotopic (exact) mass is 281 g/mol. The van der Waals surface area contributed by atoms with Crippen molar-refractivity contribution < 1.29 is 14.8 Å². The first-order valence-electron chi connectivity index (χ1n) is 6.28. The van der Waals surface area contributed by atoms with Crippen molar-refractivity contribution in [2.24, 2.45) is 5.92 Å². The molecule has 0 bridgehead atoms. The Balaban J connectivity index is 3.08. The molecule has 0 radical (unpaired) electrons. The number of nitrogens with one attached hydrogen (secondary N) is 2. The zero-order valence-electron chi connectivity index (χ0n) is 11.7. The molecule has 7 heteroatoms. The van der Waals surface area contributed by atoms with Crippen molar-refractivity contribution >= 4 is 17.3 Å². The van der Waals surface area contributed by atoms with Gasteiger partial charge in [0.15, 0.2) is 0 Å². The van der Waals surface area contributed by atoms with Gasteiger partial charge in [0.1, 0.15) is 5.69 Å². The van der Waals surface area contributed by atoms with E-state index in [4.69, 9.17) is 5.11 Å². The van der Waals surface area contributed by atoms with Gasteiger partial charge in [0, 0.05) is 31.3 Å². The number of anilines is 1. The molecule has 0 heterocycles. The number of carbonyl (C=O) groups excluding carboxylic acids is 1. The lowest BCUT2D eigenvalue weighted by Gasteiger charge is -2.20. The summed E-state index contributed by atoms with van der Waals surface area (Å²) in [4.78, 5) is 22.0. The van der Waals surface area contributed by atoms with E-state index in [-0.39, 0.29) is 35.7 Å². The average molecular weight is 281 g/mol. The lowest BCUT2D eigenvalue weighted by molar-refractivity contribution is -0.384. The number of aliphatic hydroxyl groups is 1. The smallest absolute Gasteiger partial charge is 0.293 e. The first-order valence-corrected chi connectivity index (χ1v) is 6.28. The summed E-state index contributed by atoms with van der Waals surface area (Å²) in [6, 6.07) is 4.12. The number of amides is 1. The van der Waals surface area contributed by atoms with Gasteiger partial charge in [-0.2, -0.15) is 0 Å². The van der Waals surface area contributed by atoms with Gasteiger partial charge in [0.05, 0.1) is 4.92 Å². The molecule has 0 spiro atoms. The van der Waals surface area contributed by atoms with Crippen LogP contribution in [-0.4, -0.2) is 35.6 Å². The van der Waals surface area contributed by atoms with Crippen LogP contribution in [0.4, 0.5) is 11.4 Å². The number of nitro groups is 1. The van der Waals surface area contributed by atoms with Gasteiger partial charge in [-0.15, -0.1) is 0 Å². The fourth-order valence-corrected chi connectivity index (χ4v) is 1.64. The highest BCUT2D eigenvalue weighted by molar-refractivity contribution is 5.95. The molecule has 0 aromatic heterocycles. The largest absolute Gasteiger partial charge is 0.396 e. The second kappa shape index (κ2) is 6.85. The summed E-state index contributed by atoms with van der Waals surface area (Å²) in [5.41, 5.74) is 0.395. The fourth-order valence-electron chi connectivity index (χ4n) is 1.64. The van der Waals surface area contributed by atoms with Gasteiger partial charge in [-0.1, -0.05) is 6.92 Å². The maximum atomic E-state index is 11.5. The Hall–Kier alpha value is -2.15. The summed E-state index contributed by atoms with van der Waals surface area (Å²) in [6.07, 6.45) is 0. The molecule has 1 aromatic rings. The van der Waals surface area contributed by atoms with Crippen molar-refractivity contribution in [1.29, 1.82) is 0 Å². The van der Waals surface area contributed by atoms with Crippen LogP contribution in [0.3, 0.4) is 0 Å². The van der Waals surface area contributed by atoms with Crippen molar-refractivity contribution in [3.05, 3.63) is 33.9 Å². The Labute approximate surface area is 117 Å². The number of benzene rings is 1. The van der Waals surface area contributed by atoms with Crippen molar-refractivity contribution in [3.8, 4) is 0 Å². The van der Waals surface area contributed by atoms with Gasteiger partial charge in [0.25, 0.3) is 11.6 Å². The minimum Gasteiger partial charge on any atom is -0.396 e. The van der Waals surface area contributed by atoms with Crippen LogP contribution >= 0.6 is 0 Å². The molecule has 0 aliphatic rings.